The maximum Gasteiger partial charge on any atom is 0.143 e. The van der Waals surface area contributed by atoms with Crippen molar-refractivity contribution in [3.8, 4) is 0 Å². The molecule has 0 aliphatic heterocycles. The molecule has 0 heterocycles. The Hall–Kier alpha value is -0.480. The molecule has 0 saturated heterocycles. The molecule has 1 unspecified atom stereocenters. The van der Waals surface area contributed by atoms with E-state index in [1.165, 1.54) is 12.1 Å². The van der Waals surface area contributed by atoms with Crippen molar-refractivity contribution in [1.29, 1.82) is 0 Å². The molecule has 0 bridgehead atoms. The molecule has 4 heteroatoms. The lowest BCUT2D eigenvalue weighted by atomic mass is 9.63. The van der Waals surface area contributed by atoms with Crippen molar-refractivity contribution < 1.29 is 13.9 Å². The third-order valence-electron chi connectivity index (χ3n) is 4.51. The van der Waals surface area contributed by atoms with Crippen LogP contribution in [0.1, 0.15) is 45.1 Å². The van der Waals surface area contributed by atoms with E-state index in [0.717, 1.165) is 19.3 Å². The summed E-state index contributed by atoms with van der Waals surface area (Å²) in [6.07, 6.45) is 3.44. The van der Waals surface area contributed by atoms with Crippen LogP contribution in [0, 0.1) is 17.0 Å². The molecule has 0 radical (unpaired) electrons. The van der Waals surface area contributed by atoms with Crippen LogP contribution in [-0.2, 0) is 6.42 Å². The molecule has 0 amide bonds. The van der Waals surface area contributed by atoms with Gasteiger partial charge in [0.2, 0.25) is 0 Å². The van der Waals surface area contributed by atoms with Gasteiger partial charge in [0.1, 0.15) is 11.6 Å². The standard InChI is InChI=1S/C15H19BrF2O/c1-14(2)7-3-4-8-15(14,19)9-10-12(17)6-5-11(16)13(10)18/h5-6,19H,3-4,7-9H2,1-2H3. The van der Waals surface area contributed by atoms with Gasteiger partial charge in [-0.15, -0.1) is 0 Å². The molecule has 2 rings (SSSR count). The Morgan fingerprint density at radius 3 is 2.47 bits per heavy atom. The van der Waals surface area contributed by atoms with Crippen LogP contribution in [0.3, 0.4) is 0 Å². The first-order chi connectivity index (χ1) is 8.77. The van der Waals surface area contributed by atoms with Crippen LogP contribution in [0.5, 0.6) is 0 Å². The third-order valence-corrected chi connectivity index (χ3v) is 5.12. The molecule has 1 saturated carbocycles. The number of hydrogen-bond donors (Lipinski definition) is 1. The molecule has 1 aliphatic carbocycles. The molecule has 19 heavy (non-hydrogen) atoms. The van der Waals surface area contributed by atoms with Crippen molar-refractivity contribution in [2.24, 2.45) is 5.41 Å². The van der Waals surface area contributed by atoms with E-state index in [2.05, 4.69) is 15.9 Å². The highest BCUT2D eigenvalue weighted by atomic mass is 79.9. The van der Waals surface area contributed by atoms with Crippen LogP contribution < -0.4 is 0 Å². The van der Waals surface area contributed by atoms with Crippen LogP contribution in [0.15, 0.2) is 16.6 Å². The molecular weight excluding hydrogens is 314 g/mol. The second-order valence-corrected chi connectivity index (χ2v) is 6.98. The molecular formula is C15H19BrF2O. The van der Waals surface area contributed by atoms with Gasteiger partial charge in [0, 0.05) is 12.0 Å². The summed E-state index contributed by atoms with van der Waals surface area (Å²) in [5.41, 5.74) is -1.40. The number of aliphatic hydroxyl groups is 1. The molecule has 0 spiro atoms. The van der Waals surface area contributed by atoms with Gasteiger partial charge in [0.05, 0.1) is 10.1 Å². The van der Waals surface area contributed by atoms with Crippen molar-refractivity contribution in [2.75, 3.05) is 0 Å². The van der Waals surface area contributed by atoms with E-state index in [9.17, 15) is 13.9 Å². The quantitative estimate of drug-likeness (QED) is 0.784. The Morgan fingerprint density at radius 2 is 1.84 bits per heavy atom. The normalized spacial score (nSPS) is 26.4. The van der Waals surface area contributed by atoms with Gasteiger partial charge in [-0.2, -0.15) is 0 Å². The predicted molar refractivity (Wildman–Crippen MR) is 75.0 cm³/mol. The Balaban J connectivity index is 2.37. The zero-order valence-electron chi connectivity index (χ0n) is 11.3. The summed E-state index contributed by atoms with van der Waals surface area (Å²) in [7, 11) is 0. The number of rotatable bonds is 2. The Morgan fingerprint density at radius 1 is 1.21 bits per heavy atom. The first kappa shape index (κ1) is 14.9. The zero-order valence-corrected chi connectivity index (χ0v) is 12.9. The fourth-order valence-electron chi connectivity index (χ4n) is 2.91. The van der Waals surface area contributed by atoms with Gasteiger partial charge >= 0.3 is 0 Å². The predicted octanol–water partition coefficient (Wildman–Crippen LogP) is 4.60. The molecule has 1 atom stereocenters. The van der Waals surface area contributed by atoms with Crippen molar-refractivity contribution >= 4 is 15.9 Å². The summed E-state index contributed by atoms with van der Waals surface area (Å²) in [5, 5.41) is 10.8. The SMILES string of the molecule is CC1(C)CCCCC1(O)Cc1c(F)ccc(Br)c1F. The third kappa shape index (κ3) is 2.70. The molecule has 1 nitrogen and oxygen atoms in total. The largest absolute Gasteiger partial charge is 0.389 e. The summed E-state index contributed by atoms with van der Waals surface area (Å²) < 4.78 is 28.1. The van der Waals surface area contributed by atoms with Gasteiger partial charge < -0.3 is 5.11 Å². The van der Waals surface area contributed by atoms with Gasteiger partial charge in [0.25, 0.3) is 0 Å². The average Bonchev–Trinajstić information content (AvgIpc) is 2.34. The van der Waals surface area contributed by atoms with Crippen molar-refractivity contribution in [1.82, 2.24) is 0 Å². The first-order valence-electron chi connectivity index (χ1n) is 6.62. The number of benzene rings is 1. The van der Waals surface area contributed by atoms with Crippen LogP contribution in [-0.4, -0.2) is 10.7 Å². The second kappa shape index (κ2) is 5.13. The molecule has 106 valence electrons. The van der Waals surface area contributed by atoms with E-state index in [0.29, 0.717) is 6.42 Å². The highest BCUT2D eigenvalue weighted by molar-refractivity contribution is 9.10. The Kier molecular flexibility index (Phi) is 4.03. The van der Waals surface area contributed by atoms with Crippen LogP contribution >= 0.6 is 15.9 Å². The molecule has 1 aromatic rings. The zero-order chi connectivity index (χ0) is 14.3. The number of halogens is 3. The van der Waals surface area contributed by atoms with E-state index in [1.54, 1.807) is 0 Å². The fourth-order valence-corrected chi connectivity index (χ4v) is 3.28. The van der Waals surface area contributed by atoms with Crippen molar-refractivity contribution in [2.45, 2.75) is 51.6 Å². The second-order valence-electron chi connectivity index (χ2n) is 6.12. The maximum atomic E-state index is 14.0. The van der Waals surface area contributed by atoms with E-state index in [-0.39, 0.29) is 21.9 Å². The summed E-state index contributed by atoms with van der Waals surface area (Å²) in [6, 6.07) is 2.59. The van der Waals surface area contributed by atoms with E-state index in [4.69, 9.17) is 0 Å². The van der Waals surface area contributed by atoms with Crippen molar-refractivity contribution in [3.05, 3.63) is 33.8 Å². The number of hydrogen-bond acceptors (Lipinski definition) is 1. The maximum absolute atomic E-state index is 14.0. The molecule has 0 aromatic heterocycles. The Labute approximate surface area is 121 Å². The van der Waals surface area contributed by atoms with E-state index >= 15 is 0 Å². The summed E-state index contributed by atoms with van der Waals surface area (Å²) in [5.74, 6) is -1.19. The minimum absolute atomic E-state index is 0.0214. The summed E-state index contributed by atoms with van der Waals surface area (Å²) in [6.45, 7) is 3.94. The highest BCUT2D eigenvalue weighted by Gasteiger charge is 2.45. The minimum atomic E-state index is -1.05. The fraction of sp³-hybridized carbons (Fsp3) is 0.600. The van der Waals surface area contributed by atoms with Gasteiger partial charge in [-0.3, -0.25) is 0 Å². The monoisotopic (exact) mass is 332 g/mol. The van der Waals surface area contributed by atoms with E-state index < -0.39 is 17.2 Å². The van der Waals surface area contributed by atoms with Gasteiger partial charge in [-0.1, -0.05) is 26.7 Å². The topological polar surface area (TPSA) is 20.2 Å². The smallest absolute Gasteiger partial charge is 0.143 e. The van der Waals surface area contributed by atoms with Crippen LogP contribution in [0.4, 0.5) is 8.78 Å². The van der Waals surface area contributed by atoms with Crippen LogP contribution in [0.25, 0.3) is 0 Å². The highest BCUT2D eigenvalue weighted by Crippen LogP contribution is 2.46. The molecule has 1 N–H and O–H groups in total. The summed E-state index contributed by atoms with van der Waals surface area (Å²) in [4.78, 5) is 0. The molecule has 1 aromatic carbocycles. The van der Waals surface area contributed by atoms with E-state index in [1.807, 2.05) is 13.8 Å². The first-order valence-corrected chi connectivity index (χ1v) is 7.41. The van der Waals surface area contributed by atoms with Gasteiger partial charge in [0.15, 0.2) is 0 Å². The lowest BCUT2D eigenvalue weighted by Crippen LogP contribution is -2.49. The summed E-state index contributed by atoms with van der Waals surface area (Å²) >= 11 is 3.07. The molecule has 1 fully saturated rings. The lowest BCUT2D eigenvalue weighted by Gasteiger charge is -2.46. The van der Waals surface area contributed by atoms with Crippen LogP contribution in [0.2, 0.25) is 0 Å². The average molecular weight is 333 g/mol. The molecule has 1 aliphatic rings. The van der Waals surface area contributed by atoms with Crippen molar-refractivity contribution in [3.63, 3.8) is 0 Å². The Bertz CT molecular complexity index is 487. The lowest BCUT2D eigenvalue weighted by molar-refractivity contribution is -0.0967. The minimum Gasteiger partial charge on any atom is -0.389 e. The van der Waals surface area contributed by atoms with Gasteiger partial charge in [-0.05, 0) is 46.3 Å². The van der Waals surface area contributed by atoms with Gasteiger partial charge in [-0.25, -0.2) is 8.78 Å².